The number of aliphatic hydroxyl groups excluding tert-OH is 1. The third-order valence-electron chi connectivity index (χ3n) is 4.36. The molecule has 1 aliphatic carbocycles. The van der Waals surface area contributed by atoms with E-state index < -0.39 is 6.10 Å². The van der Waals surface area contributed by atoms with Gasteiger partial charge in [0.15, 0.2) is 0 Å². The van der Waals surface area contributed by atoms with Crippen molar-refractivity contribution < 1.29 is 5.11 Å². The molecule has 110 valence electrons. The van der Waals surface area contributed by atoms with Gasteiger partial charge in [-0.05, 0) is 37.1 Å². The van der Waals surface area contributed by atoms with Gasteiger partial charge in [-0.2, -0.15) is 0 Å². The van der Waals surface area contributed by atoms with Crippen molar-refractivity contribution in [3.63, 3.8) is 0 Å². The zero-order valence-corrected chi connectivity index (χ0v) is 12.9. The highest BCUT2D eigenvalue weighted by atomic mass is 35.5. The molecule has 2 aromatic rings. The lowest BCUT2D eigenvalue weighted by atomic mass is 10.1. The second-order valence-corrected chi connectivity index (χ2v) is 6.14. The molecule has 0 bridgehead atoms. The van der Waals surface area contributed by atoms with Crippen molar-refractivity contribution in [3.05, 3.63) is 70.2 Å². The van der Waals surface area contributed by atoms with Gasteiger partial charge in [-0.1, -0.05) is 54.1 Å². The van der Waals surface area contributed by atoms with Crippen molar-refractivity contribution in [2.24, 2.45) is 0 Å². The van der Waals surface area contributed by atoms with Gasteiger partial charge in [0, 0.05) is 23.2 Å². The summed E-state index contributed by atoms with van der Waals surface area (Å²) in [7, 11) is 2.08. The highest BCUT2D eigenvalue weighted by molar-refractivity contribution is 6.31. The summed E-state index contributed by atoms with van der Waals surface area (Å²) in [6.45, 7) is 0.586. The number of benzene rings is 2. The fraction of sp³-hybridized carbons (Fsp3) is 0.333. The lowest BCUT2D eigenvalue weighted by Crippen LogP contribution is -2.28. The van der Waals surface area contributed by atoms with Gasteiger partial charge in [0.1, 0.15) is 0 Å². The summed E-state index contributed by atoms with van der Waals surface area (Å²) >= 11 is 6.16. The monoisotopic (exact) mass is 301 g/mol. The Bertz CT molecular complexity index is 628. The van der Waals surface area contributed by atoms with Gasteiger partial charge in [0.2, 0.25) is 0 Å². The molecule has 0 radical (unpaired) electrons. The number of aryl methyl sites for hydroxylation is 1. The highest BCUT2D eigenvalue weighted by Crippen LogP contribution is 2.36. The maximum Gasteiger partial charge on any atom is 0.0931 e. The Labute approximate surface area is 131 Å². The number of hydrogen-bond acceptors (Lipinski definition) is 2. The van der Waals surface area contributed by atoms with E-state index in [1.165, 1.54) is 11.1 Å². The third-order valence-corrected chi connectivity index (χ3v) is 4.70. The molecular weight excluding hydrogens is 282 g/mol. The molecule has 0 unspecified atom stereocenters. The molecule has 0 amide bonds. The minimum atomic E-state index is -0.559. The van der Waals surface area contributed by atoms with Crippen LogP contribution in [0.2, 0.25) is 5.02 Å². The molecule has 3 rings (SSSR count). The summed E-state index contributed by atoms with van der Waals surface area (Å²) in [6, 6.07) is 16.5. The average molecular weight is 302 g/mol. The molecule has 21 heavy (non-hydrogen) atoms. The van der Waals surface area contributed by atoms with Crippen LogP contribution >= 0.6 is 11.6 Å². The van der Waals surface area contributed by atoms with Crippen molar-refractivity contribution in [3.8, 4) is 0 Å². The zero-order chi connectivity index (χ0) is 14.8. The first-order valence-electron chi connectivity index (χ1n) is 7.37. The van der Waals surface area contributed by atoms with E-state index in [0.717, 1.165) is 18.4 Å². The molecule has 2 nitrogen and oxygen atoms in total. The van der Waals surface area contributed by atoms with Gasteiger partial charge in [0.05, 0.1) is 6.10 Å². The van der Waals surface area contributed by atoms with Crippen molar-refractivity contribution in [2.45, 2.75) is 25.0 Å². The van der Waals surface area contributed by atoms with E-state index in [9.17, 15) is 5.11 Å². The molecule has 0 fully saturated rings. The van der Waals surface area contributed by atoms with Gasteiger partial charge in [-0.3, -0.25) is 4.90 Å². The molecule has 0 aromatic heterocycles. The number of rotatable bonds is 4. The number of hydrogen-bond donors (Lipinski definition) is 1. The first-order valence-corrected chi connectivity index (χ1v) is 7.75. The predicted octanol–water partition coefficient (Wildman–Crippen LogP) is 3.99. The molecule has 1 N–H and O–H groups in total. The fourth-order valence-electron chi connectivity index (χ4n) is 3.24. The van der Waals surface area contributed by atoms with Crippen molar-refractivity contribution in [1.29, 1.82) is 0 Å². The normalized spacial score (nSPS) is 18.8. The Morgan fingerprint density at radius 3 is 2.71 bits per heavy atom. The van der Waals surface area contributed by atoms with Crippen LogP contribution in [0.4, 0.5) is 0 Å². The van der Waals surface area contributed by atoms with Gasteiger partial charge in [-0.25, -0.2) is 0 Å². The molecule has 0 spiro atoms. The summed E-state index contributed by atoms with van der Waals surface area (Å²) in [5, 5.41) is 11.1. The van der Waals surface area contributed by atoms with Gasteiger partial charge >= 0.3 is 0 Å². The average Bonchev–Trinajstić information content (AvgIpc) is 2.91. The maximum atomic E-state index is 10.5. The minimum absolute atomic E-state index is 0.387. The Hall–Kier alpha value is -1.35. The third kappa shape index (κ3) is 2.98. The van der Waals surface area contributed by atoms with Crippen LogP contribution in [0.5, 0.6) is 0 Å². The standard InChI is InChI=1S/C18H20ClNO/c1-20(12-18(21)15-8-4-5-9-16(15)19)17-11-10-13-6-2-3-7-14(13)17/h2-9,17-18,21H,10-12H2,1H3/t17-,18-/m0/s1. The largest absolute Gasteiger partial charge is 0.387 e. The topological polar surface area (TPSA) is 23.5 Å². The van der Waals surface area contributed by atoms with Gasteiger partial charge in [-0.15, -0.1) is 0 Å². The number of halogens is 1. The zero-order valence-electron chi connectivity index (χ0n) is 12.2. The molecule has 2 aromatic carbocycles. The molecule has 3 heteroatoms. The summed E-state index contributed by atoms with van der Waals surface area (Å²) in [6.07, 6.45) is 1.68. The molecule has 0 saturated heterocycles. The quantitative estimate of drug-likeness (QED) is 0.923. The predicted molar refractivity (Wildman–Crippen MR) is 86.5 cm³/mol. The number of aliphatic hydroxyl groups is 1. The van der Waals surface area contributed by atoms with Gasteiger partial charge in [0.25, 0.3) is 0 Å². The van der Waals surface area contributed by atoms with Crippen LogP contribution in [0.1, 0.15) is 35.3 Å². The van der Waals surface area contributed by atoms with E-state index in [0.29, 0.717) is 17.6 Å². The van der Waals surface area contributed by atoms with E-state index in [2.05, 4.69) is 36.2 Å². The van der Waals surface area contributed by atoms with E-state index in [1.807, 2.05) is 24.3 Å². The molecule has 2 atom stereocenters. The molecule has 0 heterocycles. The Kier molecular flexibility index (Phi) is 4.29. The van der Waals surface area contributed by atoms with Crippen LogP contribution in [0, 0.1) is 0 Å². The first-order chi connectivity index (χ1) is 10.2. The smallest absolute Gasteiger partial charge is 0.0931 e. The van der Waals surface area contributed by atoms with E-state index in [4.69, 9.17) is 11.6 Å². The Morgan fingerprint density at radius 1 is 1.19 bits per heavy atom. The summed E-state index contributed by atoms with van der Waals surface area (Å²) in [5.74, 6) is 0. The van der Waals surface area contributed by atoms with Crippen LogP contribution < -0.4 is 0 Å². The van der Waals surface area contributed by atoms with Crippen LogP contribution in [0.25, 0.3) is 0 Å². The number of nitrogens with zero attached hydrogens (tertiary/aromatic N) is 1. The lowest BCUT2D eigenvalue weighted by Gasteiger charge is -2.28. The Morgan fingerprint density at radius 2 is 1.90 bits per heavy atom. The lowest BCUT2D eigenvalue weighted by molar-refractivity contribution is 0.104. The van der Waals surface area contributed by atoms with Crippen LogP contribution in [0.3, 0.4) is 0 Å². The SMILES string of the molecule is CN(C[C@H](O)c1ccccc1Cl)[C@H]1CCc2ccccc21. The van der Waals surface area contributed by atoms with Crippen LogP contribution in [-0.2, 0) is 6.42 Å². The highest BCUT2D eigenvalue weighted by Gasteiger charge is 2.27. The summed E-state index contributed by atoms with van der Waals surface area (Å²) in [4.78, 5) is 2.24. The fourth-order valence-corrected chi connectivity index (χ4v) is 3.50. The first kappa shape index (κ1) is 14.6. The van der Waals surface area contributed by atoms with Crippen molar-refractivity contribution in [2.75, 3.05) is 13.6 Å². The van der Waals surface area contributed by atoms with Crippen molar-refractivity contribution in [1.82, 2.24) is 4.90 Å². The van der Waals surface area contributed by atoms with Gasteiger partial charge < -0.3 is 5.11 Å². The Balaban J connectivity index is 1.73. The van der Waals surface area contributed by atoms with E-state index in [1.54, 1.807) is 0 Å². The molecule has 0 saturated carbocycles. The number of fused-ring (bicyclic) bond motifs is 1. The minimum Gasteiger partial charge on any atom is -0.387 e. The second-order valence-electron chi connectivity index (χ2n) is 5.73. The summed E-state index contributed by atoms with van der Waals surface area (Å²) < 4.78 is 0. The molecular formula is C18H20ClNO. The van der Waals surface area contributed by atoms with E-state index >= 15 is 0 Å². The second kappa shape index (κ2) is 6.18. The van der Waals surface area contributed by atoms with Crippen molar-refractivity contribution >= 4 is 11.6 Å². The maximum absolute atomic E-state index is 10.5. The van der Waals surface area contributed by atoms with Crippen LogP contribution in [0.15, 0.2) is 48.5 Å². The molecule has 0 aliphatic heterocycles. The number of likely N-dealkylation sites (N-methyl/N-ethyl adjacent to an activating group) is 1. The summed E-state index contributed by atoms with van der Waals surface area (Å²) in [5.41, 5.74) is 3.63. The van der Waals surface area contributed by atoms with E-state index in [-0.39, 0.29) is 0 Å². The van der Waals surface area contributed by atoms with Crippen LogP contribution in [-0.4, -0.2) is 23.6 Å². The molecule has 1 aliphatic rings.